The average Bonchev–Trinajstić information content (AvgIpc) is 3.10. The predicted octanol–water partition coefficient (Wildman–Crippen LogP) is 16.6. The van der Waals surface area contributed by atoms with E-state index in [2.05, 4.69) is 76.4 Å². The average molecular weight is 774 g/mol. The zero-order valence-electron chi connectivity index (χ0n) is 36.9. The number of rotatable bonds is 42. The van der Waals surface area contributed by atoms with Crippen molar-refractivity contribution >= 4 is 22.5 Å². The molecule has 0 saturated heterocycles. The van der Waals surface area contributed by atoms with E-state index in [9.17, 15) is 4.79 Å². The fourth-order valence-electron chi connectivity index (χ4n) is 8.42. The van der Waals surface area contributed by atoms with Gasteiger partial charge < -0.3 is 9.43 Å². The van der Waals surface area contributed by atoms with Crippen LogP contribution in [-0.2, 0) is 8.91 Å². The third-order valence-electron chi connectivity index (χ3n) is 11.6. The summed E-state index contributed by atoms with van der Waals surface area (Å²) < 4.78 is 6.76. The summed E-state index contributed by atoms with van der Waals surface area (Å²) in [6.07, 6.45) is 47.6. The Morgan fingerprint density at radius 1 is 0.509 bits per heavy atom. The first-order chi connectivity index (χ1) is 25.6. The summed E-state index contributed by atoms with van der Waals surface area (Å²) in [5, 5.41) is 3.16. The normalized spacial score (nSPS) is 12.2. The van der Waals surface area contributed by atoms with Crippen LogP contribution in [0.15, 0.2) is 38.0 Å². The molecule has 3 nitrogen and oxygen atoms in total. The van der Waals surface area contributed by atoms with Crippen molar-refractivity contribution in [3.63, 3.8) is 0 Å². The molecular formula is C48H95NO2Si2. The molecule has 0 aliphatic heterocycles. The lowest BCUT2D eigenvalue weighted by Gasteiger charge is -2.34. The van der Waals surface area contributed by atoms with Gasteiger partial charge in [0, 0.05) is 13.0 Å². The van der Waals surface area contributed by atoms with E-state index in [-0.39, 0.29) is 5.91 Å². The van der Waals surface area contributed by atoms with Crippen LogP contribution in [0.3, 0.4) is 0 Å². The van der Waals surface area contributed by atoms with Gasteiger partial charge in [0.1, 0.15) is 0 Å². The molecule has 5 heteroatoms. The van der Waals surface area contributed by atoms with Crippen LogP contribution in [-0.4, -0.2) is 29.1 Å². The highest BCUT2D eigenvalue weighted by Gasteiger charge is 2.32. The Bertz CT molecular complexity index is 843. The number of hydrogen-bond donors (Lipinski definition) is 1. The summed E-state index contributed by atoms with van der Waals surface area (Å²) in [5.41, 5.74) is 0.313. The number of carbonyl (C=O) groups is 1. The summed E-state index contributed by atoms with van der Waals surface area (Å²) in [5.74, 6) is 0.265. The highest BCUT2D eigenvalue weighted by molar-refractivity contribution is 6.84. The van der Waals surface area contributed by atoms with E-state index in [1.165, 1.54) is 179 Å². The van der Waals surface area contributed by atoms with E-state index >= 15 is 0 Å². The zero-order chi connectivity index (χ0) is 39.4. The maximum Gasteiger partial charge on any atom is 0.219 e. The molecule has 0 rings (SSSR count). The highest BCUT2D eigenvalue weighted by Crippen LogP contribution is 2.38. The molecule has 0 spiro atoms. The summed E-state index contributed by atoms with van der Waals surface area (Å²) in [4.78, 5) is 12.2. The lowest BCUT2D eigenvalue weighted by Crippen LogP contribution is -2.44. The van der Waals surface area contributed by atoms with Crippen LogP contribution >= 0.6 is 0 Å². The lowest BCUT2D eigenvalue weighted by molar-refractivity contribution is -0.121. The SMILES string of the molecule is C=CCC(CC=C)(CC=C)CCCCCCCCCCCCCCCCCCCNC(=O)CCCCCCCCCC[Si](C)(C)O[Si](C)(C)CCCC. The Morgan fingerprint density at radius 3 is 1.25 bits per heavy atom. The van der Waals surface area contributed by atoms with E-state index in [0.717, 1.165) is 38.6 Å². The number of unbranched alkanes of at least 4 members (excludes halogenated alkanes) is 24. The molecule has 0 aromatic carbocycles. The first-order valence-corrected chi connectivity index (χ1v) is 29.6. The third-order valence-corrected chi connectivity index (χ3v) is 19.1. The molecule has 0 aliphatic rings. The minimum absolute atomic E-state index is 0.265. The van der Waals surface area contributed by atoms with E-state index in [4.69, 9.17) is 4.12 Å². The molecule has 0 atom stereocenters. The van der Waals surface area contributed by atoms with Crippen LogP contribution in [0.25, 0.3) is 0 Å². The molecule has 1 amide bonds. The predicted molar refractivity (Wildman–Crippen MR) is 245 cm³/mol. The van der Waals surface area contributed by atoms with Crippen LogP contribution in [0.5, 0.6) is 0 Å². The van der Waals surface area contributed by atoms with Crippen molar-refractivity contribution in [2.45, 2.75) is 251 Å². The topological polar surface area (TPSA) is 38.3 Å². The van der Waals surface area contributed by atoms with Gasteiger partial charge in [0.05, 0.1) is 0 Å². The van der Waals surface area contributed by atoms with Gasteiger partial charge in [0.2, 0.25) is 5.91 Å². The minimum Gasteiger partial charge on any atom is -0.455 e. The molecule has 0 unspecified atom stereocenters. The summed E-state index contributed by atoms with van der Waals surface area (Å²) in [6.45, 7) is 24.8. The number of allylic oxidation sites excluding steroid dienone is 3. The Labute approximate surface area is 336 Å². The van der Waals surface area contributed by atoms with Gasteiger partial charge in [-0.05, 0) is 82.2 Å². The molecule has 0 aromatic heterocycles. The van der Waals surface area contributed by atoms with Gasteiger partial charge in [-0.1, -0.05) is 186 Å². The second-order valence-corrected chi connectivity index (χ2v) is 27.0. The smallest absolute Gasteiger partial charge is 0.219 e. The number of amides is 1. The van der Waals surface area contributed by atoms with Crippen molar-refractivity contribution in [2.24, 2.45) is 5.41 Å². The first-order valence-electron chi connectivity index (χ1n) is 23.3. The molecule has 0 radical (unpaired) electrons. The molecule has 0 saturated carbocycles. The van der Waals surface area contributed by atoms with Crippen molar-refractivity contribution in [1.82, 2.24) is 5.32 Å². The molecular weight excluding hydrogens is 679 g/mol. The van der Waals surface area contributed by atoms with Gasteiger partial charge in [-0.2, -0.15) is 0 Å². The Hall–Kier alpha value is -0.916. The Kier molecular flexibility index (Phi) is 34.9. The Morgan fingerprint density at radius 2 is 0.849 bits per heavy atom. The maximum atomic E-state index is 12.2. The van der Waals surface area contributed by atoms with Gasteiger partial charge >= 0.3 is 0 Å². The van der Waals surface area contributed by atoms with Crippen molar-refractivity contribution in [1.29, 1.82) is 0 Å². The molecule has 0 aromatic rings. The fraction of sp³-hybridized carbons (Fsp3) is 0.854. The number of hydrogen-bond acceptors (Lipinski definition) is 2. The third kappa shape index (κ3) is 34.1. The highest BCUT2D eigenvalue weighted by atomic mass is 28.4. The molecule has 0 fully saturated rings. The van der Waals surface area contributed by atoms with Crippen LogP contribution < -0.4 is 5.32 Å². The van der Waals surface area contributed by atoms with Gasteiger partial charge in [-0.25, -0.2) is 0 Å². The molecule has 1 N–H and O–H groups in total. The molecule has 0 bridgehead atoms. The summed E-state index contributed by atoms with van der Waals surface area (Å²) in [7, 11) is -2.97. The van der Waals surface area contributed by atoms with Crippen molar-refractivity contribution in [3.05, 3.63) is 38.0 Å². The van der Waals surface area contributed by atoms with Gasteiger partial charge in [0.15, 0.2) is 16.6 Å². The van der Waals surface area contributed by atoms with E-state index in [1.807, 2.05) is 0 Å². The van der Waals surface area contributed by atoms with Crippen molar-refractivity contribution < 1.29 is 8.91 Å². The Balaban J connectivity index is 3.44. The monoisotopic (exact) mass is 774 g/mol. The standard InChI is InChI=1S/C48H95NO2Si2/c1-9-13-45-52(5,6)51-53(7,8)46-38-34-30-26-23-27-31-35-39-47(50)49-44-37-33-29-25-22-20-18-16-14-15-17-19-21-24-28-32-36-43-48(40-10-2,41-11-3)42-12-4/h10-12H,2-4,9,13-46H2,1,5-8H3,(H,49,50). The summed E-state index contributed by atoms with van der Waals surface area (Å²) >= 11 is 0. The first kappa shape index (κ1) is 52.1. The molecule has 0 heterocycles. The quantitative estimate of drug-likeness (QED) is 0.0381. The lowest BCUT2D eigenvalue weighted by atomic mass is 9.74. The molecule has 312 valence electrons. The molecule has 53 heavy (non-hydrogen) atoms. The molecule has 0 aliphatic carbocycles. The van der Waals surface area contributed by atoms with E-state index in [0.29, 0.717) is 11.8 Å². The van der Waals surface area contributed by atoms with Gasteiger partial charge in [-0.3, -0.25) is 4.79 Å². The minimum atomic E-state index is -1.50. The van der Waals surface area contributed by atoms with Gasteiger partial charge in [-0.15, -0.1) is 19.7 Å². The zero-order valence-corrected chi connectivity index (χ0v) is 38.9. The second kappa shape index (κ2) is 35.5. The van der Waals surface area contributed by atoms with Crippen LogP contribution in [0.2, 0.25) is 38.3 Å². The van der Waals surface area contributed by atoms with Crippen LogP contribution in [0.4, 0.5) is 0 Å². The maximum absolute atomic E-state index is 12.2. The van der Waals surface area contributed by atoms with Crippen LogP contribution in [0, 0.1) is 5.41 Å². The van der Waals surface area contributed by atoms with E-state index in [1.54, 1.807) is 0 Å². The van der Waals surface area contributed by atoms with Crippen LogP contribution in [0.1, 0.15) is 212 Å². The van der Waals surface area contributed by atoms with Crippen molar-refractivity contribution in [3.8, 4) is 0 Å². The fourth-order valence-corrected chi connectivity index (χ4v) is 17.5. The number of nitrogens with one attached hydrogen (secondary N) is 1. The van der Waals surface area contributed by atoms with Gasteiger partial charge in [0.25, 0.3) is 0 Å². The van der Waals surface area contributed by atoms with E-state index < -0.39 is 16.6 Å². The van der Waals surface area contributed by atoms with Crippen molar-refractivity contribution in [2.75, 3.05) is 6.54 Å². The second-order valence-electron chi connectivity index (χ2n) is 18.1. The largest absolute Gasteiger partial charge is 0.455 e. The summed E-state index contributed by atoms with van der Waals surface area (Å²) in [6, 6.07) is 2.64. The number of carbonyl (C=O) groups excluding carboxylic acids is 1.